The minimum absolute atomic E-state index is 0.109. The van der Waals surface area contributed by atoms with E-state index < -0.39 is 0 Å². The minimum Gasteiger partial charge on any atom is -0.489 e. The van der Waals surface area contributed by atoms with E-state index in [0.29, 0.717) is 37.2 Å². The number of ether oxygens (including phenoxy) is 2. The number of rotatable bonds is 8. The molecule has 1 aliphatic carbocycles. The first-order valence-electron chi connectivity index (χ1n) is 8.45. The second-order valence-electron chi connectivity index (χ2n) is 5.98. The molecular formula is C19H23N3O3. The van der Waals surface area contributed by atoms with Crippen LogP contribution in [0.3, 0.4) is 0 Å². The molecule has 1 heterocycles. The first-order chi connectivity index (χ1) is 12.3. The Morgan fingerprint density at radius 1 is 1.20 bits per heavy atom. The molecule has 6 heteroatoms. The lowest BCUT2D eigenvalue weighted by Gasteiger charge is -2.23. The normalized spacial score (nSPS) is 13.3. The summed E-state index contributed by atoms with van der Waals surface area (Å²) < 4.78 is 10.7. The van der Waals surface area contributed by atoms with Gasteiger partial charge in [-0.15, -0.1) is 0 Å². The summed E-state index contributed by atoms with van der Waals surface area (Å²) in [6.45, 7) is 1.51. The number of benzene rings is 1. The van der Waals surface area contributed by atoms with Crippen LogP contribution in [0.25, 0.3) is 0 Å². The summed E-state index contributed by atoms with van der Waals surface area (Å²) in [6.07, 6.45) is 5.59. The first kappa shape index (κ1) is 17.2. The lowest BCUT2D eigenvalue weighted by molar-refractivity contribution is 0.146. The van der Waals surface area contributed by atoms with Gasteiger partial charge in [0.05, 0.1) is 12.3 Å². The van der Waals surface area contributed by atoms with Gasteiger partial charge in [0.15, 0.2) is 0 Å². The van der Waals surface area contributed by atoms with Crippen molar-refractivity contribution in [3.05, 3.63) is 54.4 Å². The Bertz CT molecular complexity index is 689. The van der Waals surface area contributed by atoms with Gasteiger partial charge in [0.25, 0.3) is 0 Å². The number of pyridine rings is 1. The molecule has 0 atom stereocenters. The predicted octanol–water partition coefficient (Wildman–Crippen LogP) is 3.30. The highest BCUT2D eigenvalue weighted by molar-refractivity contribution is 5.91. The van der Waals surface area contributed by atoms with E-state index in [1.165, 1.54) is 0 Å². The number of nitrogens with one attached hydrogen (secondary N) is 1. The second-order valence-corrected chi connectivity index (χ2v) is 5.98. The average Bonchev–Trinajstić information content (AvgIpc) is 3.47. The number of nitrogens with zero attached hydrogens (tertiary/aromatic N) is 2. The van der Waals surface area contributed by atoms with Crippen molar-refractivity contribution in [3.63, 3.8) is 0 Å². The third-order valence-corrected chi connectivity index (χ3v) is 4.02. The summed E-state index contributed by atoms with van der Waals surface area (Å²) in [6, 6.07) is 11.5. The lowest BCUT2D eigenvalue weighted by atomic mass is 10.2. The molecule has 1 aromatic heterocycles. The van der Waals surface area contributed by atoms with Gasteiger partial charge < -0.3 is 19.7 Å². The molecule has 1 aliphatic rings. The number of aromatic nitrogens is 1. The minimum atomic E-state index is -0.109. The zero-order valence-electron chi connectivity index (χ0n) is 14.4. The van der Waals surface area contributed by atoms with Crippen LogP contribution in [0.1, 0.15) is 18.4 Å². The Kier molecular flexibility index (Phi) is 5.85. The lowest BCUT2D eigenvalue weighted by Crippen LogP contribution is -2.36. The number of urea groups is 1. The van der Waals surface area contributed by atoms with Crippen molar-refractivity contribution < 1.29 is 14.3 Å². The highest BCUT2D eigenvalue weighted by Crippen LogP contribution is 2.30. The van der Waals surface area contributed by atoms with E-state index in [-0.39, 0.29) is 6.03 Å². The molecular weight excluding hydrogens is 318 g/mol. The molecule has 0 radical (unpaired) electrons. The number of carbonyl (C=O) groups excluding carboxylic acids is 1. The van der Waals surface area contributed by atoms with Gasteiger partial charge >= 0.3 is 6.03 Å². The van der Waals surface area contributed by atoms with Crippen LogP contribution in [-0.4, -0.2) is 42.3 Å². The topological polar surface area (TPSA) is 63.7 Å². The molecule has 2 aromatic rings. The zero-order valence-corrected chi connectivity index (χ0v) is 14.4. The maximum Gasteiger partial charge on any atom is 0.322 e. The Morgan fingerprint density at radius 3 is 2.68 bits per heavy atom. The third-order valence-electron chi connectivity index (χ3n) is 4.02. The number of para-hydroxylation sites is 2. The van der Waals surface area contributed by atoms with Crippen LogP contribution >= 0.6 is 0 Å². The summed E-state index contributed by atoms with van der Waals surface area (Å²) in [7, 11) is 1.63. The molecule has 25 heavy (non-hydrogen) atoms. The number of methoxy groups -OCH3 is 1. The van der Waals surface area contributed by atoms with Crippen molar-refractivity contribution in [1.29, 1.82) is 0 Å². The van der Waals surface area contributed by atoms with Gasteiger partial charge in [-0.1, -0.05) is 12.1 Å². The van der Waals surface area contributed by atoms with E-state index in [2.05, 4.69) is 10.3 Å². The van der Waals surface area contributed by atoms with Crippen LogP contribution in [0.4, 0.5) is 10.5 Å². The van der Waals surface area contributed by atoms with Crippen molar-refractivity contribution in [2.45, 2.75) is 25.4 Å². The van der Waals surface area contributed by atoms with Crippen LogP contribution < -0.4 is 10.1 Å². The number of carbonyl (C=O) groups is 1. The smallest absolute Gasteiger partial charge is 0.322 e. The fraction of sp³-hybridized carbons (Fsp3) is 0.368. The summed E-state index contributed by atoms with van der Waals surface area (Å²) in [5, 5.41) is 2.98. The SMILES string of the molecule is COCCOc1ccccc1NC(=O)N(Cc1ccncc1)C1CC1. The zero-order chi connectivity index (χ0) is 17.5. The van der Waals surface area contributed by atoms with E-state index >= 15 is 0 Å². The van der Waals surface area contributed by atoms with E-state index in [9.17, 15) is 4.79 Å². The fourth-order valence-electron chi connectivity index (χ4n) is 2.56. The van der Waals surface area contributed by atoms with Crippen LogP contribution in [0, 0.1) is 0 Å². The van der Waals surface area contributed by atoms with Crippen molar-refractivity contribution in [2.24, 2.45) is 0 Å². The standard InChI is InChI=1S/C19H23N3O3/c1-24-12-13-25-18-5-3-2-4-17(18)21-19(23)22(16-6-7-16)14-15-8-10-20-11-9-15/h2-5,8-11,16H,6-7,12-14H2,1H3,(H,21,23). The molecule has 1 saturated carbocycles. The Morgan fingerprint density at radius 2 is 1.96 bits per heavy atom. The second kappa shape index (κ2) is 8.48. The van der Waals surface area contributed by atoms with Gasteiger partial charge in [-0.3, -0.25) is 4.98 Å². The molecule has 0 unspecified atom stereocenters. The summed E-state index contributed by atoms with van der Waals surface area (Å²) in [5.74, 6) is 0.646. The molecule has 3 rings (SSSR count). The highest BCUT2D eigenvalue weighted by Gasteiger charge is 2.32. The quantitative estimate of drug-likeness (QED) is 0.748. The van der Waals surface area contributed by atoms with E-state index in [1.807, 2.05) is 41.3 Å². The van der Waals surface area contributed by atoms with Gasteiger partial charge in [-0.25, -0.2) is 4.79 Å². The molecule has 0 bridgehead atoms. The highest BCUT2D eigenvalue weighted by atomic mass is 16.5. The number of amides is 2. The molecule has 1 fully saturated rings. The maximum atomic E-state index is 12.8. The Labute approximate surface area is 147 Å². The largest absolute Gasteiger partial charge is 0.489 e. The molecule has 2 amide bonds. The van der Waals surface area contributed by atoms with Gasteiger partial charge in [0.1, 0.15) is 12.4 Å². The summed E-state index contributed by atoms with van der Waals surface area (Å²) >= 11 is 0. The molecule has 1 aromatic carbocycles. The average molecular weight is 341 g/mol. The van der Waals surface area contributed by atoms with Crippen molar-refractivity contribution in [1.82, 2.24) is 9.88 Å². The van der Waals surface area contributed by atoms with E-state index in [4.69, 9.17) is 9.47 Å². The van der Waals surface area contributed by atoms with Gasteiger partial charge in [0.2, 0.25) is 0 Å². The fourth-order valence-corrected chi connectivity index (χ4v) is 2.56. The third kappa shape index (κ3) is 4.93. The van der Waals surface area contributed by atoms with Gasteiger partial charge in [-0.2, -0.15) is 0 Å². The van der Waals surface area contributed by atoms with E-state index in [1.54, 1.807) is 19.5 Å². The van der Waals surface area contributed by atoms with Gasteiger partial charge in [-0.05, 0) is 42.7 Å². The first-order valence-corrected chi connectivity index (χ1v) is 8.45. The maximum absolute atomic E-state index is 12.8. The van der Waals surface area contributed by atoms with Crippen LogP contribution in [0.5, 0.6) is 5.75 Å². The van der Waals surface area contributed by atoms with Crippen molar-refractivity contribution in [3.8, 4) is 5.75 Å². The van der Waals surface area contributed by atoms with Crippen LogP contribution in [-0.2, 0) is 11.3 Å². The van der Waals surface area contributed by atoms with E-state index in [0.717, 1.165) is 18.4 Å². The number of hydrogen-bond acceptors (Lipinski definition) is 4. The molecule has 0 spiro atoms. The number of anilines is 1. The molecule has 132 valence electrons. The summed E-state index contributed by atoms with van der Waals surface area (Å²) in [4.78, 5) is 18.7. The molecule has 6 nitrogen and oxygen atoms in total. The number of hydrogen-bond donors (Lipinski definition) is 1. The van der Waals surface area contributed by atoms with Gasteiger partial charge in [0, 0.05) is 32.1 Å². The molecule has 0 saturated heterocycles. The Balaban J connectivity index is 1.67. The van der Waals surface area contributed by atoms with Crippen molar-refractivity contribution >= 4 is 11.7 Å². The summed E-state index contributed by atoms with van der Waals surface area (Å²) in [5.41, 5.74) is 1.74. The predicted molar refractivity (Wildman–Crippen MR) is 95.6 cm³/mol. The molecule has 0 aliphatic heterocycles. The Hall–Kier alpha value is -2.60. The van der Waals surface area contributed by atoms with Crippen molar-refractivity contribution in [2.75, 3.05) is 25.6 Å². The van der Waals surface area contributed by atoms with Crippen LogP contribution in [0.15, 0.2) is 48.8 Å². The monoisotopic (exact) mass is 341 g/mol. The van der Waals surface area contributed by atoms with Crippen LogP contribution in [0.2, 0.25) is 0 Å². The molecule has 1 N–H and O–H groups in total.